The van der Waals surface area contributed by atoms with Gasteiger partial charge in [0.1, 0.15) is 5.75 Å². The highest BCUT2D eigenvalue weighted by Gasteiger charge is 2.13. The summed E-state index contributed by atoms with van der Waals surface area (Å²) < 4.78 is 0. The number of hydrogen-bond acceptors (Lipinski definition) is 3. The number of aryl methyl sites for hydroxylation is 1. The number of nitrogens with one attached hydrogen (secondary N) is 1. The molecule has 1 saturated heterocycles. The van der Waals surface area contributed by atoms with Crippen molar-refractivity contribution < 1.29 is 5.11 Å². The van der Waals surface area contributed by atoms with Crippen LogP contribution in [0.5, 0.6) is 5.75 Å². The van der Waals surface area contributed by atoms with Gasteiger partial charge in [0.15, 0.2) is 0 Å². The Morgan fingerprint density at radius 3 is 2.60 bits per heavy atom. The summed E-state index contributed by atoms with van der Waals surface area (Å²) in [4.78, 5) is 2.27. The number of rotatable bonds is 1. The SMILES string of the molecule is Cc1cc(N2CCNCC2)cc(Cl)c1O. The zero-order valence-corrected chi connectivity index (χ0v) is 9.51. The molecule has 0 radical (unpaired) electrons. The predicted octanol–water partition coefficient (Wildman–Crippen LogP) is 1.76. The van der Waals surface area contributed by atoms with Gasteiger partial charge >= 0.3 is 0 Å². The van der Waals surface area contributed by atoms with Crippen molar-refractivity contribution in [2.75, 3.05) is 31.1 Å². The smallest absolute Gasteiger partial charge is 0.137 e. The second-order valence-corrected chi connectivity index (χ2v) is 4.24. The number of aromatic hydroxyl groups is 1. The molecule has 2 N–H and O–H groups in total. The Balaban J connectivity index is 2.27. The second kappa shape index (κ2) is 4.29. The lowest BCUT2D eigenvalue weighted by Crippen LogP contribution is -2.43. The molecule has 2 rings (SSSR count). The minimum atomic E-state index is 0.190. The molecule has 0 aromatic heterocycles. The summed E-state index contributed by atoms with van der Waals surface area (Å²) in [6, 6.07) is 3.81. The Morgan fingerprint density at radius 1 is 1.33 bits per heavy atom. The molecule has 0 aliphatic carbocycles. The van der Waals surface area contributed by atoms with Gasteiger partial charge in [0.2, 0.25) is 0 Å². The van der Waals surface area contributed by atoms with Gasteiger partial charge in [-0.25, -0.2) is 0 Å². The maximum atomic E-state index is 9.57. The van der Waals surface area contributed by atoms with Crippen LogP contribution in [0.25, 0.3) is 0 Å². The highest BCUT2D eigenvalue weighted by molar-refractivity contribution is 6.32. The van der Waals surface area contributed by atoms with Gasteiger partial charge in [0, 0.05) is 31.9 Å². The van der Waals surface area contributed by atoms with Crippen molar-refractivity contribution in [1.82, 2.24) is 5.32 Å². The van der Waals surface area contributed by atoms with Crippen LogP contribution in [0.4, 0.5) is 5.69 Å². The number of hydrogen-bond donors (Lipinski definition) is 2. The van der Waals surface area contributed by atoms with Crippen LogP contribution in [-0.4, -0.2) is 31.3 Å². The Kier molecular flexibility index (Phi) is 3.03. The summed E-state index contributed by atoms with van der Waals surface area (Å²) in [7, 11) is 0. The molecular weight excluding hydrogens is 212 g/mol. The molecular formula is C11H15ClN2O. The molecule has 1 aliphatic heterocycles. The number of phenols is 1. The third kappa shape index (κ3) is 2.19. The highest BCUT2D eigenvalue weighted by Crippen LogP contribution is 2.32. The van der Waals surface area contributed by atoms with Crippen LogP contribution < -0.4 is 10.2 Å². The van der Waals surface area contributed by atoms with E-state index in [2.05, 4.69) is 10.2 Å². The normalized spacial score (nSPS) is 16.8. The minimum Gasteiger partial charge on any atom is -0.506 e. The quantitative estimate of drug-likeness (QED) is 0.766. The van der Waals surface area contributed by atoms with Crippen LogP contribution in [0.15, 0.2) is 12.1 Å². The summed E-state index contributed by atoms with van der Waals surface area (Å²) in [5, 5.41) is 13.3. The summed E-state index contributed by atoms with van der Waals surface area (Å²) in [6.07, 6.45) is 0. The van der Waals surface area contributed by atoms with Crippen LogP contribution in [-0.2, 0) is 0 Å². The molecule has 0 atom stereocenters. The molecule has 82 valence electrons. The van der Waals surface area contributed by atoms with Crippen LogP contribution >= 0.6 is 11.6 Å². The first-order valence-corrected chi connectivity index (χ1v) is 5.51. The van der Waals surface area contributed by atoms with E-state index in [0.717, 1.165) is 37.4 Å². The first-order chi connectivity index (χ1) is 7.18. The first kappa shape index (κ1) is 10.6. The summed E-state index contributed by atoms with van der Waals surface area (Å²) >= 11 is 5.95. The number of piperazine rings is 1. The molecule has 4 heteroatoms. The van der Waals surface area contributed by atoms with E-state index in [1.807, 2.05) is 19.1 Å². The number of benzene rings is 1. The van der Waals surface area contributed by atoms with Gasteiger partial charge in [-0.1, -0.05) is 11.6 Å². The fourth-order valence-electron chi connectivity index (χ4n) is 1.82. The Labute approximate surface area is 94.7 Å². The van der Waals surface area contributed by atoms with Crippen LogP contribution in [0.2, 0.25) is 5.02 Å². The molecule has 3 nitrogen and oxygen atoms in total. The van der Waals surface area contributed by atoms with Crippen molar-refractivity contribution in [3.05, 3.63) is 22.7 Å². The van der Waals surface area contributed by atoms with Crippen molar-refractivity contribution in [3.63, 3.8) is 0 Å². The molecule has 15 heavy (non-hydrogen) atoms. The number of phenolic OH excluding ortho intramolecular Hbond substituents is 1. The van der Waals surface area contributed by atoms with E-state index in [9.17, 15) is 5.11 Å². The molecule has 1 fully saturated rings. The Morgan fingerprint density at radius 2 is 2.00 bits per heavy atom. The molecule has 0 bridgehead atoms. The predicted molar refractivity (Wildman–Crippen MR) is 62.9 cm³/mol. The Hall–Kier alpha value is -0.930. The molecule has 1 aliphatic rings. The van der Waals surface area contributed by atoms with Crippen LogP contribution in [0, 0.1) is 6.92 Å². The van der Waals surface area contributed by atoms with Crippen molar-refractivity contribution in [2.45, 2.75) is 6.92 Å². The standard InChI is InChI=1S/C11H15ClN2O/c1-8-6-9(7-10(12)11(8)15)14-4-2-13-3-5-14/h6-7,13,15H,2-5H2,1H3. The lowest BCUT2D eigenvalue weighted by atomic mass is 10.1. The zero-order valence-electron chi connectivity index (χ0n) is 8.76. The van der Waals surface area contributed by atoms with Crippen molar-refractivity contribution in [2.24, 2.45) is 0 Å². The first-order valence-electron chi connectivity index (χ1n) is 5.13. The van der Waals surface area contributed by atoms with E-state index in [-0.39, 0.29) is 5.75 Å². The van der Waals surface area contributed by atoms with Gasteiger partial charge < -0.3 is 15.3 Å². The second-order valence-electron chi connectivity index (χ2n) is 3.83. The fourth-order valence-corrected chi connectivity index (χ4v) is 2.08. The van der Waals surface area contributed by atoms with Crippen molar-refractivity contribution >= 4 is 17.3 Å². The topological polar surface area (TPSA) is 35.5 Å². The average Bonchev–Trinajstić information content (AvgIpc) is 2.26. The zero-order chi connectivity index (χ0) is 10.8. The molecule has 0 saturated carbocycles. The summed E-state index contributed by atoms with van der Waals surface area (Å²) in [5.74, 6) is 0.190. The van der Waals surface area contributed by atoms with Gasteiger partial charge in [0.05, 0.1) is 5.02 Å². The van der Waals surface area contributed by atoms with E-state index >= 15 is 0 Å². The highest BCUT2D eigenvalue weighted by atomic mass is 35.5. The van der Waals surface area contributed by atoms with Crippen LogP contribution in [0.3, 0.4) is 0 Å². The number of anilines is 1. The van der Waals surface area contributed by atoms with Gasteiger partial charge in [-0.05, 0) is 24.6 Å². The summed E-state index contributed by atoms with van der Waals surface area (Å²) in [5.41, 5.74) is 1.92. The van der Waals surface area contributed by atoms with Crippen molar-refractivity contribution in [1.29, 1.82) is 0 Å². The molecule has 1 heterocycles. The van der Waals surface area contributed by atoms with Crippen LogP contribution in [0.1, 0.15) is 5.56 Å². The fraction of sp³-hybridized carbons (Fsp3) is 0.455. The van der Waals surface area contributed by atoms with E-state index in [1.165, 1.54) is 0 Å². The minimum absolute atomic E-state index is 0.190. The van der Waals surface area contributed by atoms with Crippen molar-refractivity contribution in [3.8, 4) is 5.75 Å². The molecule has 1 aromatic carbocycles. The summed E-state index contributed by atoms with van der Waals surface area (Å²) in [6.45, 7) is 5.84. The van der Waals surface area contributed by atoms with E-state index < -0.39 is 0 Å². The number of halogens is 1. The number of nitrogens with zero attached hydrogens (tertiary/aromatic N) is 1. The average molecular weight is 227 g/mol. The van der Waals surface area contributed by atoms with E-state index in [4.69, 9.17) is 11.6 Å². The van der Waals surface area contributed by atoms with Gasteiger partial charge in [-0.3, -0.25) is 0 Å². The van der Waals surface area contributed by atoms with E-state index in [1.54, 1.807) is 0 Å². The third-order valence-electron chi connectivity index (χ3n) is 2.72. The lowest BCUT2D eigenvalue weighted by molar-refractivity contribution is 0.471. The molecule has 1 aromatic rings. The molecule has 0 amide bonds. The van der Waals surface area contributed by atoms with Gasteiger partial charge in [-0.15, -0.1) is 0 Å². The van der Waals surface area contributed by atoms with Gasteiger partial charge in [0.25, 0.3) is 0 Å². The lowest BCUT2D eigenvalue weighted by Gasteiger charge is -2.30. The maximum absolute atomic E-state index is 9.57. The van der Waals surface area contributed by atoms with Gasteiger partial charge in [-0.2, -0.15) is 0 Å². The monoisotopic (exact) mass is 226 g/mol. The third-order valence-corrected chi connectivity index (χ3v) is 3.01. The maximum Gasteiger partial charge on any atom is 0.137 e. The molecule has 0 spiro atoms. The molecule has 0 unspecified atom stereocenters. The largest absolute Gasteiger partial charge is 0.506 e. The van der Waals surface area contributed by atoms with E-state index in [0.29, 0.717) is 5.02 Å². The Bertz CT molecular complexity index is 339.